The Kier molecular flexibility index (Phi) is 1.72. The van der Waals surface area contributed by atoms with Crippen molar-refractivity contribution in [3.05, 3.63) is 0 Å². The molecule has 0 aromatic carbocycles. The van der Waals surface area contributed by atoms with Gasteiger partial charge in [0.2, 0.25) is 0 Å². The topological polar surface area (TPSA) is 49.7 Å². The fraction of sp³-hybridized carbons (Fsp3) is 1.00. The molecule has 0 amide bonds. The number of hydrogen-bond donors (Lipinski definition) is 2. The second-order valence-electron chi connectivity index (χ2n) is 4.27. The molecule has 0 unspecified atom stereocenters. The van der Waals surface area contributed by atoms with Crippen LogP contribution in [0.25, 0.3) is 0 Å². The first-order chi connectivity index (χ1) is 5.63. The minimum atomic E-state index is -0.572. The molecule has 2 rings (SSSR count). The summed E-state index contributed by atoms with van der Waals surface area (Å²) in [6.07, 6.45) is -0.100. The summed E-state index contributed by atoms with van der Waals surface area (Å²) in [4.78, 5) is 0. The highest BCUT2D eigenvalue weighted by molar-refractivity contribution is 5.17. The molecule has 2 saturated carbocycles. The minimum Gasteiger partial charge on any atom is -0.390 e. The van der Waals surface area contributed by atoms with E-state index in [0.717, 1.165) is 6.42 Å². The van der Waals surface area contributed by atoms with Gasteiger partial charge in [-0.05, 0) is 18.3 Å². The third-order valence-corrected chi connectivity index (χ3v) is 3.68. The molecule has 5 atom stereocenters. The summed E-state index contributed by atoms with van der Waals surface area (Å²) in [5.41, 5.74) is -0.104. The Hall–Kier alpha value is -0.120. The molecule has 12 heavy (non-hydrogen) atoms. The highest BCUT2D eigenvalue weighted by atomic mass is 16.5. The van der Waals surface area contributed by atoms with Gasteiger partial charge >= 0.3 is 0 Å². The van der Waals surface area contributed by atoms with E-state index in [0.29, 0.717) is 12.5 Å². The molecule has 0 radical (unpaired) electrons. The van der Waals surface area contributed by atoms with Crippen LogP contribution in [0.1, 0.15) is 13.3 Å². The van der Waals surface area contributed by atoms with E-state index in [2.05, 4.69) is 0 Å². The summed E-state index contributed by atoms with van der Waals surface area (Å²) in [5, 5.41) is 19.3. The van der Waals surface area contributed by atoms with Crippen LogP contribution in [-0.2, 0) is 4.74 Å². The highest BCUT2D eigenvalue weighted by Crippen LogP contribution is 2.65. The van der Waals surface area contributed by atoms with Crippen LogP contribution < -0.4 is 0 Å². The normalized spacial score (nSPS) is 57.0. The number of aliphatic hydroxyl groups excluding tert-OH is 2. The van der Waals surface area contributed by atoms with Gasteiger partial charge in [0.25, 0.3) is 0 Å². The molecule has 0 spiro atoms. The van der Waals surface area contributed by atoms with Gasteiger partial charge in [0.05, 0.1) is 18.8 Å². The average Bonchev–Trinajstić information content (AvgIpc) is 2.73. The molecule has 3 nitrogen and oxygen atoms in total. The van der Waals surface area contributed by atoms with Crippen molar-refractivity contribution in [2.45, 2.75) is 25.6 Å². The summed E-state index contributed by atoms with van der Waals surface area (Å²) in [6.45, 7) is 2.59. The van der Waals surface area contributed by atoms with Gasteiger partial charge in [-0.1, -0.05) is 6.92 Å². The van der Waals surface area contributed by atoms with Crippen LogP contribution in [0, 0.1) is 17.3 Å². The average molecular weight is 172 g/mol. The summed E-state index contributed by atoms with van der Waals surface area (Å²) < 4.78 is 5.07. The van der Waals surface area contributed by atoms with Crippen LogP contribution in [0.3, 0.4) is 0 Å². The van der Waals surface area contributed by atoms with E-state index in [1.807, 2.05) is 6.92 Å². The van der Waals surface area contributed by atoms with Crippen LogP contribution in [0.2, 0.25) is 0 Å². The first-order valence-corrected chi connectivity index (χ1v) is 4.48. The molecule has 0 aromatic rings. The predicted octanol–water partition coefficient (Wildman–Crippen LogP) is 0.0106. The maximum absolute atomic E-state index is 9.73. The summed E-state index contributed by atoms with van der Waals surface area (Å²) >= 11 is 0. The van der Waals surface area contributed by atoms with Gasteiger partial charge in [-0.3, -0.25) is 0 Å². The zero-order valence-electron chi connectivity index (χ0n) is 7.53. The van der Waals surface area contributed by atoms with Crippen LogP contribution in [0.15, 0.2) is 0 Å². The van der Waals surface area contributed by atoms with E-state index in [-0.39, 0.29) is 11.3 Å². The Balaban J connectivity index is 2.13. The van der Waals surface area contributed by atoms with Crippen molar-refractivity contribution in [2.24, 2.45) is 17.3 Å². The monoisotopic (exact) mass is 172 g/mol. The lowest BCUT2D eigenvalue weighted by atomic mass is 9.99. The van der Waals surface area contributed by atoms with Crippen LogP contribution >= 0.6 is 0 Å². The number of ether oxygens (including phenoxy) is 1. The Morgan fingerprint density at radius 3 is 2.58 bits per heavy atom. The lowest BCUT2D eigenvalue weighted by Gasteiger charge is -2.21. The molecular weight excluding hydrogens is 156 g/mol. The second kappa shape index (κ2) is 2.44. The van der Waals surface area contributed by atoms with Crippen LogP contribution in [-0.4, -0.2) is 36.1 Å². The van der Waals surface area contributed by atoms with Gasteiger partial charge in [0.15, 0.2) is 0 Å². The fourth-order valence-corrected chi connectivity index (χ4v) is 2.79. The molecule has 0 saturated heterocycles. The van der Waals surface area contributed by atoms with Crippen molar-refractivity contribution in [1.82, 2.24) is 0 Å². The van der Waals surface area contributed by atoms with Crippen molar-refractivity contribution in [3.8, 4) is 0 Å². The van der Waals surface area contributed by atoms with Crippen LogP contribution in [0.4, 0.5) is 0 Å². The van der Waals surface area contributed by atoms with Gasteiger partial charge in [-0.25, -0.2) is 0 Å². The number of hydrogen-bond acceptors (Lipinski definition) is 3. The quantitative estimate of drug-likeness (QED) is 0.617. The second-order valence-corrected chi connectivity index (χ2v) is 4.27. The number of methoxy groups -OCH3 is 1. The first-order valence-electron chi connectivity index (χ1n) is 4.48. The third-order valence-electron chi connectivity index (χ3n) is 3.68. The van der Waals surface area contributed by atoms with Crippen molar-refractivity contribution in [2.75, 3.05) is 13.7 Å². The van der Waals surface area contributed by atoms with E-state index in [1.165, 1.54) is 0 Å². The van der Waals surface area contributed by atoms with E-state index in [9.17, 15) is 10.2 Å². The fourth-order valence-electron chi connectivity index (χ4n) is 2.79. The van der Waals surface area contributed by atoms with Gasteiger partial charge in [-0.15, -0.1) is 0 Å². The molecule has 2 N–H and O–H groups in total. The van der Waals surface area contributed by atoms with Gasteiger partial charge in [0, 0.05) is 12.5 Å². The summed E-state index contributed by atoms with van der Waals surface area (Å²) in [7, 11) is 1.65. The lowest BCUT2D eigenvalue weighted by molar-refractivity contribution is -0.0356. The van der Waals surface area contributed by atoms with E-state index >= 15 is 0 Å². The summed E-state index contributed by atoms with van der Waals surface area (Å²) in [6, 6.07) is 0. The van der Waals surface area contributed by atoms with Gasteiger partial charge in [-0.2, -0.15) is 0 Å². The van der Waals surface area contributed by atoms with E-state index in [4.69, 9.17) is 4.74 Å². The predicted molar refractivity (Wildman–Crippen MR) is 43.6 cm³/mol. The van der Waals surface area contributed by atoms with Gasteiger partial charge < -0.3 is 14.9 Å². The summed E-state index contributed by atoms with van der Waals surface area (Å²) in [5.74, 6) is 0.706. The molecule has 0 heterocycles. The third kappa shape index (κ3) is 0.817. The molecule has 2 fully saturated rings. The molecule has 3 heteroatoms. The molecule has 70 valence electrons. The lowest BCUT2D eigenvalue weighted by Crippen LogP contribution is -2.34. The Morgan fingerprint density at radius 1 is 1.50 bits per heavy atom. The molecule has 2 aliphatic carbocycles. The molecule has 2 aliphatic rings. The zero-order valence-corrected chi connectivity index (χ0v) is 7.53. The van der Waals surface area contributed by atoms with Crippen LogP contribution in [0.5, 0.6) is 0 Å². The molecule has 0 aliphatic heterocycles. The first kappa shape index (κ1) is 8.48. The molecular formula is C9H16O3. The molecule has 0 bridgehead atoms. The minimum absolute atomic E-state index is 0.104. The SMILES string of the molecule is COC[C@@]12C[C@@H]1[C@@H](C)[C@H](O)[C@@H]2O. The maximum atomic E-state index is 9.73. The maximum Gasteiger partial charge on any atom is 0.0882 e. The van der Waals surface area contributed by atoms with Crippen molar-refractivity contribution < 1.29 is 14.9 Å². The standard InChI is InChI=1S/C9H16O3/c1-5-6-3-9(6,4-12-2)8(11)7(5)10/h5-8,10-11H,3-4H2,1-2H3/t5-,6-,7+,8+,9+/m1/s1. The Labute approximate surface area is 72.3 Å². The number of fused-ring (bicyclic) bond motifs is 1. The zero-order chi connectivity index (χ0) is 8.93. The van der Waals surface area contributed by atoms with Gasteiger partial charge in [0.1, 0.15) is 0 Å². The van der Waals surface area contributed by atoms with Crippen molar-refractivity contribution >= 4 is 0 Å². The van der Waals surface area contributed by atoms with Crippen molar-refractivity contribution in [1.29, 1.82) is 0 Å². The van der Waals surface area contributed by atoms with Crippen molar-refractivity contribution in [3.63, 3.8) is 0 Å². The smallest absolute Gasteiger partial charge is 0.0882 e. The van der Waals surface area contributed by atoms with E-state index < -0.39 is 12.2 Å². The number of aliphatic hydroxyl groups is 2. The largest absolute Gasteiger partial charge is 0.390 e. The molecule has 0 aromatic heterocycles. The number of rotatable bonds is 2. The Morgan fingerprint density at radius 2 is 2.17 bits per heavy atom. The highest BCUT2D eigenvalue weighted by Gasteiger charge is 2.69. The van der Waals surface area contributed by atoms with E-state index in [1.54, 1.807) is 7.11 Å². The Bertz CT molecular complexity index is 192.